The summed E-state index contributed by atoms with van der Waals surface area (Å²) in [4.78, 5) is 1.88. The Labute approximate surface area is 123 Å². The summed E-state index contributed by atoms with van der Waals surface area (Å²) in [5.74, 6) is 1.45. The third-order valence-electron chi connectivity index (χ3n) is 2.90. The Morgan fingerprint density at radius 2 is 2.15 bits per heavy atom. The maximum atomic E-state index is 6.02. The van der Waals surface area contributed by atoms with Gasteiger partial charge in [-0.2, -0.15) is 0 Å². The molecule has 1 aromatic carbocycles. The molecule has 108 valence electrons. The van der Waals surface area contributed by atoms with Gasteiger partial charge in [0.2, 0.25) is 5.89 Å². The third-order valence-corrected chi connectivity index (χ3v) is 3.13. The Bertz CT molecular complexity index is 571. The fourth-order valence-corrected chi connectivity index (χ4v) is 2.10. The van der Waals surface area contributed by atoms with Gasteiger partial charge in [0.15, 0.2) is 0 Å². The highest BCUT2D eigenvalue weighted by Crippen LogP contribution is 2.25. The molecule has 1 heterocycles. The predicted molar refractivity (Wildman–Crippen MR) is 78.4 cm³/mol. The monoisotopic (exact) mass is 295 g/mol. The van der Waals surface area contributed by atoms with Gasteiger partial charge in [-0.1, -0.05) is 23.6 Å². The molecule has 1 aromatic heterocycles. The zero-order chi connectivity index (χ0) is 14.5. The van der Waals surface area contributed by atoms with Crippen molar-refractivity contribution in [3.8, 4) is 5.75 Å². The Balaban J connectivity index is 2.13. The van der Waals surface area contributed by atoms with Crippen LogP contribution in [0.3, 0.4) is 0 Å². The number of methoxy groups -OCH3 is 1. The van der Waals surface area contributed by atoms with Crippen molar-refractivity contribution in [3.05, 3.63) is 34.7 Å². The fourth-order valence-electron chi connectivity index (χ4n) is 1.91. The number of halogens is 1. The number of ether oxygens (including phenoxy) is 1. The van der Waals surface area contributed by atoms with E-state index >= 15 is 0 Å². The molecule has 0 atom stereocenters. The van der Waals surface area contributed by atoms with Crippen LogP contribution in [0.25, 0.3) is 0 Å². The van der Waals surface area contributed by atoms with Gasteiger partial charge < -0.3 is 14.1 Å². The molecule has 0 saturated carbocycles. The van der Waals surface area contributed by atoms with E-state index in [9.17, 15) is 0 Å². The van der Waals surface area contributed by atoms with Crippen LogP contribution in [0.1, 0.15) is 24.8 Å². The van der Waals surface area contributed by atoms with Crippen molar-refractivity contribution in [2.45, 2.75) is 26.3 Å². The maximum Gasteiger partial charge on any atom is 0.318 e. The van der Waals surface area contributed by atoms with E-state index in [1.165, 1.54) is 0 Å². The molecule has 0 spiro atoms. The molecule has 0 radical (unpaired) electrons. The van der Waals surface area contributed by atoms with Gasteiger partial charge in [0.1, 0.15) is 5.75 Å². The number of benzene rings is 1. The van der Waals surface area contributed by atoms with E-state index in [0.717, 1.165) is 24.2 Å². The van der Waals surface area contributed by atoms with Crippen LogP contribution in [0.5, 0.6) is 5.75 Å². The van der Waals surface area contributed by atoms with E-state index < -0.39 is 0 Å². The van der Waals surface area contributed by atoms with Gasteiger partial charge in [-0.15, -0.1) is 5.10 Å². The van der Waals surface area contributed by atoms with Gasteiger partial charge in [-0.3, -0.25) is 0 Å². The van der Waals surface area contributed by atoms with Crippen LogP contribution in [-0.4, -0.2) is 24.4 Å². The van der Waals surface area contributed by atoms with Crippen molar-refractivity contribution in [1.82, 2.24) is 10.2 Å². The molecule has 0 amide bonds. The first-order valence-corrected chi connectivity index (χ1v) is 6.87. The van der Waals surface area contributed by atoms with E-state index in [0.29, 0.717) is 23.5 Å². The van der Waals surface area contributed by atoms with Crippen molar-refractivity contribution in [3.63, 3.8) is 0 Å². The van der Waals surface area contributed by atoms with Gasteiger partial charge in [0, 0.05) is 24.1 Å². The molecule has 5 nitrogen and oxygen atoms in total. The van der Waals surface area contributed by atoms with Crippen molar-refractivity contribution in [2.24, 2.45) is 0 Å². The molecule has 0 aliphatic rings. The summed E-state index contributed by atoms with van der Waals surface area (Å²) in [6.07, 6.45) is 1.77. The fraction of sp³-hybridized carbons (Fsp3) is 0.429. The topological polar surface area (TPSA) is 51.4 Å². The SMILES string of the molecule is CCCc1nnc(N(C)Cc2cc(Cl)ccc2OC)o1. The minimum atomic E-state index is 0.496. The Morgan fingerprint density at radius 3 is 2.85 bits per heavy atom. The van der Waals surface area contributed by atoms with Crippen LogP contribution in [0.15, 0.2) is 22.6 Å². The second-order valence-corrected chi connectivity index (χ2v) is 4.98. The molecule has 6 heteroatoms. The Kier molecular flexibility index (Phi) is 4.84. The van der Waals surface area contributed by atoms with Crippen LogP contribution >= 0.6 is 11.6 Å². The van der Waals surface area contributed by atoms with E-state index in [1.807, 2.05) is 24.1 Å². The zero-order valence-electron chi connectivity index (χ0n) is 11.9. The summed E-state index contributed by atoms with van der Waals surface area (Å²) in [6, 6.07) is 6.02. The summed E-state index contributed by atoms with van der Waals surface area (Å²) in [7, 11) is 3.53. The van der Waals surface area contributed by atoms with Crippen LogP contribution in [0, 0.1) is 0 Å². The van der Waals surface area contributed by atoms with Crippen molar-refractivity contribution >= 4 is 17.6 Å². The van der Waals surface area contributed by atoms with E-state index in [1.54, 1.807) is 13.2 Å². The molecule has 0 fully saturated rings. The van der Waals surface area contributed by atoms with Crippen molar-refractivity contribution < 1.29 is 9.15 Å². The van der Waals surface area contributed by atoms with Crippen molar-refractivity contribution in [2.75, 3.05) is 19.1 Å². The van der Waals surface area contributed by atoms with Crippen molar-refractivity contribution in [1.29, 1.82) is 0 Å². The normalized spacial score (nSPS) is 10.6. The summed E-state index contributed by atoms with van der Waals surface area (Å²) in [6.45, 7) is 2.65. The first-order chi connectivity index (χ1) is 9.63. The number of nitrogens with zero attached hydrogens (tertiary/aromatic N) is 3. The van der Waals surface area contributed by atoms with E-state index in [2.05, 4.69) is 17.1 Å². The summed E-state index contributed by atoms with van der Waals surface area (Å²) in [5.41, 5.74) is 0.970. The lowest BCUT2D eigenvalue weighted by Gasteiger charge is -2.16. The smallest absolute Gasteiger partial charge is 0.318 e. The molecular weight excluding hydrogens is 278 g/mol. The minimum absolute atomic E-state index is 0.496. The average molecular weight is 296 g/mol. The molecular formula is C14H18ClN3O2. The summed E-state index contributed by atoms with van der Waals surface area (Å²) >= 11 is 6.02. The zero-order valence-corrected chi connectivity index (χ0v) is 12.6. The predicted octanol–water partition coefficient (Wildman–Crippen LogP) is 3.32. The maximum absolute atomic E-state index is 6.02. The van der Waals surface area contributed by atoms with Crippen LogP contribution in [0.2, 0.25) is 5.02 Å². The van der Waals surface area contributed by atoms with Gasteiger partial charge in [0.05, 0.1) is 13.7 Å². The second kappa shape index (κ2) is 6.61. The first-order valence-electron chi connectivity index (χ1n) is 6.50. The number of anilines is 1. The largest absolute Gasteiger partial charge is 0.496 e. The van der Waals surface area contributed by atoms with Gasteiger partial charge in [-0.25, -0.2) is 0 Å². The lowest BCUT2D eigenvalue weighted by molar-refractivity contribution is 0.408. The molecule has 2 aromatic rings. The average Bonchev–Trinajstić information content (AvgIpc) is 2.88. The summed E-state index contributed by atoms with van der Waals surface area (Å²) < 4.78 is 10.9. The second-order valence-electron chi connectivity index (χ2n) is 4.54. The molecule has 0 aliphatic carbocycles. The van der Waals surface area contributed by atoms with E-state index in [-0.39, 0.29) is 0 Å². The number of hydrogen-bond donors (Lipinski definition) is 0. The number of aromatic nitrogens is 2. The highest BCUT2D eigenvalue weighted by atomic mass is 35.5. The highest BCUT2D eigenvalue weighted by molar-refractivity contribution is 6.30. The highest BCUT2D eigenvalue weighted by Gasteiger charge is 2.13. The lowest BCUT2D eigenvalue weighted by atomic mass is 10.2. The number of hydrogen-bond acceptors (Lipinski definition) is 5. The van der Waals surface area contributed by atoms with Crippen LogP contribution < -0.4 is 9.64 Å². The molecule has 0 aliphatic heterocycles. The molecule has 0 unspecified atom stereocenters. The molecule has 0 saturated heterocycles. The van der Waals surface area contributed by atoms with Crippen LogP contribution in [0.4, 0.5) is 6.01 Å². The van der Waals surface area contributed by atoms with Crippen LogP contribution in [-0.2, 0) is 13.0 Å². The number of aryl methyl sites for hydroxylation is 1. The minimum Gasteiger partial charge on any atom is -0.496 e. The standard InChI is InChI=1S/C14H18ClN3O2/c1-4-5-13-16-17-14(20-13)18(2)9-10-8-11(15)6-7-12(10)19-3/h6-8H,4-5,9H2,1-3H3. The Morgan fingerprint density at radius 1 is 1.35 bits per heavy atom. The molecule has 0 bridgehead atoms. The number of rotatable bonds is 6. The molecule has 0 N–H and O–H groups in total. The Hall–Kier alpha value is -1.75. The van der Waals surface area contributed by atoms with Gasteiger partial charge in [-0.05, 0) is 24.6 Å². The first kappa shape index (κ1) is 14.7. The van der Waals surface area contributed by atoms with Gasteiger partial charge >= 0.3 is 6.01 Å². The quantitative estimate of drug-likeness (QED) is 0.818. The third kappa shape index (κ3) is 3.42. The summed E-state index contributed by atoms with van der Waals surface area (Å²) in [5, 5.41) is 8.73. The van der Waals surface area contributed by atoms with Gasteiger partial charge in [0.25, 0.3) is 0 Å². The lowest BCUT2D eigenvalue weighted by Crippen LogP contribution is -2.17. The molecule has 2 rings (SSSR count). The van der Waals surface area contributed by atoms with E-state index in [4.69, 9.17) is 20.8 Å². The molecule has 20 heavy (non-hydrogen) atoms.